The zero-order valence-corrected chi connectivity index (χ0v) is 21.3. The SMILES string of the molecule is COc1ccc(C(=O)Nc2ccc(SC3=C(Nc4ccc(C)cc4)C(=O)N(C(C)C)C3=O)cc2)cc1. The number of aryl methyl sites for hydroxylation is 1. The van der Waals surface area contributed by atoms with E-state index < -0.39 is 0 Å². The lowest BCUT2D eigenvalue weighted by molar-refractivity contribution is -0.139. The zero-order chi connectivity index (χ0) is 25.8. The van der Waals surface area contributed by atoms with E-state index in [9.17, 15) is 14.4 Å². The Hall–Kier alpha value is -4.04. The molecule has 2 N–H and O–H groups in total. The molecule has 0 aromatic heterocycles. The van der Waals surface area contributed by atoms with Crippen LogP contribution in [0.4, 0.5) is 11.4 Å². The van der Waals surface area contributed by atoms with E-state index in [2.05, 4.69) is 10.6 Å². The van der Waals surface area contributed by atoms with Crippen molar-refractivity contribution < 1.29 is 19.1 Å². The number of anilines is 2. The van der Waals surface area contributed by atoms with Gasteiger partial charge < -0.3 is 15.4 Å². The van der Waals surface area contributed by atoms with Crippen LogP contribution in [0, 0.1) is 6.92 Å². The van der Waals surface area contributed by atoms with Crippen molar-refractivity contribution in [3.05, 3.63) is 94.5 Å². The van der Waals surface area contributed by atoms with Gasteiger partial charge in [-0.2, -0.15) is 0 Å². The van der Waals surface area contributed by atoms with Gasteiger partial charge in [0.15, 0.2) is 0 Å². The number of nitrogens with zero attached hydrogens (tertiary/aromatic N) is 1. The van der Waals surface area contributed by atoms with E-state index in [0.717, 1.165) is 16.1 Å². The number of rotatable bonds is 8. The summed E-state index contributed by atoms with van der Waals surface area (Å²) in [4.78, 5) is 41.2. The van der Waals surface area contributed by atoms with Crippen LogP contribution in [0.1, 0.15) is 29.8 Å². The Balaban J connectivity index is 1.52. The van der Waals surface area contributed by atoms with Crippen LogP contribution in [0.5, 0.6) is 5.75 Å². The van der Waals surface area contributed by atoms with Crippen molar-refractivity contribution >= 4 is 40.9 Å². The normalized spacial score (nSPS) is 13.4. The Labute approximate surface area is 214 Å². The number of methoxy groups -OCH3 is 1. The third-order valence-corrected chi connectivity index (χ3v) is 6.69. The van der Waals surface area contributed by atoms with Crippen molar-refractivity contribution in [2.24, 2.45) is 0 Å². The maximum atomic E-state index is 13.2. The lowest BCUT2D eigenvalue weighted by Crippen LogP contribution is -2.38. The Morgan fingerprint density at radius 1 is 0.861 bits per heavy atom. The molecular formula is C28H27N3O4S. The van der Waals surface area contributed by atoms with E-state index in [0.29, 0.717) is 21.9 Å². The molecule has 3 aromatic carbocycles. The fourth-order valence-electron chi connectivity index (χ4n) is 3.65. The van der Waals surface area contributed by atoms with Crippen LogP contribution in [0.2, 0.25) is 0 Å². The summed E-state index contributed by atoms with van der Waals surface area (Å²) in [6.07, 6.45) is 0. The summed E-state index contributed by atoms with van der Waals surface area (Å²) in [6, 6.07) is 21.3. The molecule has 0 bridgehead atoms. The second-order valence-corrected chi connectivity index (χ2v) is 9.66. The maximum Gasteiger partial charge on any atom is 0.278 e. The van der Waals surface area contributed by atoms with Crippen LogP contribution >= 0.6 is 11.8 Å². The number of nitrogens with one attached hydrogen (secondary N) is 2. The number of benzene rings is 3. The molecule has 36 heavy (non-hydrogen) atoms. The molecule has 0 aliphatic carbocycles. The molecule has 0 spiro atoms. The summed E-state index contributed by atoms with van der Waals surface area (Å²) in [5, 5.41) is 6.01. The molecule has 0 fully saturated rings. The van der Waals surface area contributed by atoms with E-state index in [4.69, 9.17) is 4.74 Å². The standard InChI is InChI=1S/C28H27N3O4S/c1-17(2)31-27(33)24(29-20-9-5-18(3)6-10-20)25(28(31)34)36-23-15-11-21(12-16-23)30-26(32)19-7-13-22(35-4)14-8-19/h5-17,29H,1-4H3,(H,30,32). The number of ether oxygens (including phenoxy) is 1. The molecule has 0 unspecified atom stereocenters. The Morgan fingerprint density at radius 2 is 1.47 bits per heavy atom. The minimum atomic E-state index is -0.346. The molecule has 7 nitrogen and oxygen atoms in total. The number of amides is 3. The molecule has 1 heterocycles. The van der Waals surface area contributed by atoms with Gasteiger partial charge in [0.05, 0.1) is 7.11 Å². The number of imide groups is 1. The number of thioether (sulfide) groups is 1. The predicted molar refractivity (Wildman–Crippen MR) is 142 cm³/mol. The van der Waals surface area contributed by atoms with Crippen molar-refractivity contribution in [2.75, 3.05) is 17.7 Å². The van der Waals surface area contributed by atoms with Gasteiger partial charge in [-0.1, -0.05) is 29.5 Å². The Morgan fingerprint density at radius 3 is 2.06 bits per heavy atom. The zero-order valence-electron chi connectivity index (χ0n) is 20.5. The van der Waals surface area contributed by atoms with Crippen molar-refractivity contribution in [3.8, 4) is 5.75 Å². The second kappa shape index (κ2) is 10.7. The number of hydrogen-bond donors (Lipinski definition) is 2. The molecule has 0 radical (unpaired) electrons. The maximum absolute atomic E-state index is 13.2. The topological polar surface area (TPSA) is 87.7 Å². The lowest BCUT2D eigenvalue weighted by Gasteiger charge is -2.19. The van der Waals surface area contributed by atoms with Gasteiger partial charge in [0, 0.05) is 27.9 Å². The molecular weight excluding hydrogens is 474 g/mol. The van der Waals surface area contributed by atoms with Gasteiger partial charge in [-0.05, 0) is 81.4 Å². The summed E-state index contributed by atoms with van der Waals surface area (Å²) in [5.41, 5.74) is 3.22. The van der Waals surface area contributed by atoms with Gasteiger partial charge in [0.1, 0.15) is 16.4 Å². The van der Waals surface area contributed by atoms with Crippen molar-refractivity contribution in [1.82, 2.24) is 4.90 Å². The van der Waals surface area contributed by atoms with E-state index in [1.165, 1.54) is 16.7 Å². The molecule has 1 aliphatic heterocycles. The quantitative estimate of drug-likeness (QED) is 0.399. The average Bonchev–Trinajstić information content (AvgIpc) is 3.10. The Bertz CT molecular complexity index is 1310. The fourth-order valence-corrected chi connectivity index (χ4v) is 4.59. The molecule has 4 rings (SSSR count). The largest absolute Gasteiger partial charge is 0.497 e. The van der Waals surface area contributed by atoms with Crippen LogP contribution in [0.25, 0.3) is 0 Å². The molecule has 0 atom stereocenters. The van der Waals surface area contributed by atoms with Gasteiger partial charge >= 0.3 is 0 Å². The van der Waals surface area contributed by atoms with Crippen LogP contribution in [0.15, 0.2) is 88.3 Å². The van der Waals surface area contributed by atoms with E-state index >= 15 is 0 Å². The molecule has 0 saturated heterocycles. The highest BCUT2D eigenvalue weighted by molar-refractivity contribution is 8.04. The molecule has 8 heteroatoms. The number of hydrogen-bond acceptors (Lipinski definition) is 6. The number of carbonyl (C=O) groups excluding carboxylic acids is 3. The summed E-state index contributed by atoms with van der Waals surface area (Å²) in [5.74, 6) is -0.239. The van der Waals surface area contributed by atoms with Gasteiger partial charge in [-0.25, -0.2) is 0 Å². The summed E-state index contributed by atoms with van der Waals surface area (Å²) in [7, 11) is 1.57. The predicted octanol–water partition coefficient (Wildman–Crippen LogP) is 5.45. The van der Waals surface area contributed by atoms with Gasteiger partial charge in [-0.15, -0.1) is 0 Å². The summed E-state index contributed by atoms with van der Waals surface area (Å²) >= 11 is 1.22. The van der Waals surface area contributed by atoms with Gasteiger partial charge in [-0.3, -0.25) is 19.3 Å². The van der Waals surface area contributed by atoms with Crippen molar-refractivity contribution in [1.29, 1.82) is 0 Å². The van der Waals surface area contributed by atoms with Crippen LogP contribution < -0.4 is 15.4 Å². The summed E-state index contributed by atoms with van der Waals surface area (Å²) < 4.78 is 5.12. The molecule has 1 aliphatic rings. The molecule has 3 aromatic rings. The van der Waals surface area contributed by atoms with Crippen molar-refractivity contribution in [2.45, 2.75) is 31.7 Å². The van der Waals surface area contributed by atoms with Crippen LogP contribution in [-0.2, 0) is 9.59 Å². The first-order chi connectivity index (χ1) is 17.3. The highest BCUT2D eigenvalue weighted by Gasteiger charge is 2.40. The first kappa shape index (κ1) is 25.1. The highest BCUT2D eigenvalue weighted by Crippen LogP contribution is 2.37. The smallest absolute Gasteiger partial charge is 0.278 e. The van der Waals surface area contributed by atoms with Gasteiger partial charge in [0.25, 0.3) is 17.7 Å². The third kappa shape index (κ3) is 5.44. The fraction of sp³-hybridized carbons (Fsp3) is 0.179. The van der Waals surface area contributed by atoms with Gasteiger partial charge in [0.2, 0.25) is 0 Å². The highest BCUT2D eigenvalue weighted by atomic mass is 32.2. The molecule has 184 valence electrons. The van der Waals surface area contributed by atoms with E-state index in [-0.39, 0.29) is 29.5 Å². The van der Waals surface area contributed by atoms with Crippen LogP contribution in [-0.4, -0.2) is 35.8 Å². The molecule has 3 amide bonds. The Kier molecular flexibility index (Phi) is 7.45. The first-order valence-electron chi connectivity index (χ1n) is 11.5. The van der Waals surface area contributed by atoms with E-state index in [1.807, 2.05) is 45.0 Å². The van der Waals surface area contributed by atoms with E-state index in [1.54, 1.807) is 55.6 Å². The number of carbonyl (C=O) groups is 3. The minimum Gasteiger partial charge on any atom is -0.497 e. The average molecular weight is 502 g/mol. The molecule has 0 saturated carbocycles. The summed E-state index contributed by atoms with van der Waals surface area (Å²) in [6.45, 7) is 5.61. The second-order valence-electron chi connectivity index (χ2n) is 8.58. The lowest BCUT2D eigenvalue weighted by atomic mass is 10.2. The van der Waals surface area contributed by atoms with Crippen molar-refractivity contribution in [3.63, 3.8) is 0 Å². The minimum absolute atomic E-state index is 0.241. The monoisotopic (exact) mass is 501 g/mol. The van der Waals surface area contributed by atoms with Crippen LogP contribution in [0.3, 0.4) is 0 Å². The first-order valence-corrected chi connectivity index (χ1v) is 12.3. The third-order valence-electron chi connectivity index (χ3n) is 5.59.